The Balaban J connectivity index is 1.65. The van der Waals surface area contributed by atoms with E-state index < -0.39 is 0 Å². The van der Waals surface area contributed by atoms with E-state index in [2.05, 4.69) is 0 Å². The van der Waals surface area contributed by atoms with Gasteiger partial charge in [-0.25, -0.2) is 0 Å². The summed E-state index contributed by atoms with van der Waals surface area (Å²) in [4.78, 5) is 51.5. The minimum absolute atomic E-state index is 0.0441. The third kappa shape index (κ3) is 1.78. The predicted molar refractivity (Wildman–Crippen MR) is 93.5 cm³/mol. The first-order valence-corrected chi connectivity index (χ1v) is 8.39. The number of Topliss-reactive ketones (excluding diaryl/α,β-unsaturated/α-hetero) is 4. The molecular weight excluding hydrogens is 328 g/mol. The maximum atomic E-state index is 12.9. The fraction of sp³-hybridized carbons (Fsp3) is 0.0909. The quantitative estimate of drug-likeness (QED) is 0.736. The van der Waals surface area contributed by atoms with Gasteiger partial charge >= 0.3 is 0 Å². The smallest absolute Gasteiger partial charge is 0.190 e. The average molecular weight is 340 g/mol. The average Bonchev–Trinajstić information content (AvgIpc) is 2.69. The third-order valence-corrected chi connectivity index (χ3v) is 5.36. The van der Waals surface area contributed by atoms with Crippen LogP contribution < -0.4 is 0 Å². The van der Waals surface area contributed by atoms with E-state index in [1.165, 1.54) is 0 Å². The summed E-state index contributed by atoms with van der Waals surface area (Å²) in [5.41, 5.74) is 2.90. The van der Waals surface area contributed by atoms with Crippen molar-refractivity contribution in [2.24, 2.45) is 0 Å². The van der Waals surface area contributed by atoms with Gasteiger partial charge in [0.1, 0.15) is 0 Å². The lowest BCUT2D eigenvalue weighted by atomic mass is 9.70. The molecule has 0 heterocycles. The Bertz CT molecular complexity index is 967. The van der Waals surface area contributed by atoms with Gasteiger partial charge in [0.2, 0.25) is 0 Å². The van der Waals surface area contributed by atoms with Crippen LogP contribution in [0.5, 0.6) is 0 Å². The van der Waals surface area contributed by atoms with E-state index >= 15 is 0 Å². The molecule has 124 valence electrons. The highest BCUT2D eigenvalue weighted by atomic mass is 16.1. The van der Waals surface area contributed by atoms with Gasteiger partial charge in [0, 0.05) is 57.4 Å². The second-order valence-electron chi connectivity index (χ2n) is 6.68. The molecule has 0 spiro atoms. The van der Waals surface area contributed by atoms with E-state index in [-0.39, 0.29) is 36.0 Å². The molecule has 0 saturated carbocycles. The van der Waals surface area contributed by atoms with Crippen molar-refractivity contribution in [3.63, 3.8) is 0 Å². The minimum Gasteiger partial charge on any atom is -0.289 e. The first-order chi connectivity index (χ1) is 12.6. The van der Waals surface area contributed by atoms with Crippen molar-refractivity contribution in [1.82, 2.24) is 0 Å². The van der Waals surface area contributed by atoms with Crippen molar-refractivity contribution < 1.29 is 19.2 Å². The van der Waals surface area contributed by atoms with Crippen LogP contribution in [0.3, 0.4) is 0 Å². The molecule has 0 atom stereocenters. The number of carbonyl (C=O) groups is 4. The maximum Gasteiger partial charge on any atom is 0.190 e. The largest absolute Gasteiger partial charge is 0.289 e. The van der Waals surface area contributed by atoms with E-state index in [1.54, 1.807) is 48.5 Å². The summed E-state index contributed by atoms with van der Waals surface area (Å²) in [6.45, 7) is 0. The number of allylic oxidation sites excluding steroid dienone is 4. The summed E-state index contributed by atoms with van der Waals surface area (Å²) >= 11 is 0. The molecule has 0 saturated heterocycles. The third-order valence-electron chi connectivity index (χ3n) is 5.36. The van der Waals surface area contributed by atoms with Crippen molar-refractivity contribution in [1.29, 1.82) is 0 Å². The standard InChI is InChI=1S/C22H12O4/c23-19-11-5-1-2-6-12(11)20(24)16-10-18-17(9-15(16)19)21(25)13-7-3-4-8-14(13)22(18)26/h1-8H,9-10H2. The molecular formula is C22H12O4. The van der Waals surface area contributed by atoms with Crippen molar-refractivity contribution in [3.8, 4) is 0 Å². The van der Waals surface area contributed by atoms with Gasteiger partial charge in [-0.3, -0.25) is 19.2 Å². The number of hydrogen-bond donors (Lipinski definition) is 0. The van der Waals surface area contributed by atoms with E-state index in [0.717, 1.165) is 0 Å². The normalized spacial score (nSPS) is 18.5. The first-order valence-electron chi connectivity index (χ1n) is 8.39. The van der Waals surface area contributed by atoms with Crippen LogP contribution in [0.4, 0.5) is 0 Å². The van der Waals surface area contributed by atoms with Gasteiger partial charge < -0.3 is 0 Å². The number of carbonyl (C=O) groups excluding carboxylic acids is 4. The second kappa shape index (κ2) is 5.05. The number of ketones is 4. The highest BCUT2D eigenvalue weighted by molar-refractivity contribution is 6.32. The predicted octanol–water partition coefficient (Wildman–Crippen LogP) is 3.53. The molecule has 0 unspecified atom stereocenters. The zero-order valence-electron chi connectivity index (χ0n) is 13.7. The number of benzene rings is 2. The molecule has 4 nitrogen and oxygen atoms in total. The molecule has 5 rings (SSSR count). The summed E-state index contributed by atoms with van der Waals surface area (Å²) in [5.74, 6) is -0.886. The molecule has 3 aliphatic rings. The summed E-state index contributed by atoms with van der Waals surface area (Å²) in [6.07, 6.45) is 0.0883. The molecule has 4 heteroatoms. The fourth-order valence-electron chi connectivity index (χ4n) is 4.06. The van der Waals surface area contributed by atoms with Gasteiger partial charge in [0.25, 0.3) is 0 Å². The maximum absolute atomic E-state index is 12.9. The number of rotatable bonds is 0. The summed E-state index contributed by atoms with van der Waals surface area (Å²) in [7, 11) is 0. The molecule has 0 fully saturated rings. The monoisotopic (exact) mass is 340 g/mol. The molecule has 0 aliphatic heterocycles. The van der Waals surface area contributed by atoms with Gasteiger partial charge in [-0.15, -0.1) is 0 Å². The molecule has 0 N–H and O–H groups in total. The van der Waals surface area contributed by atoms with Crippen molar-refractivity contribution >= 4 is 23.1 Å². The lowest BCUT2D eigenvalue weighted by molar-refractivity contribution is 0.0946. The molecule has 26 heavy (non-hydrogen) atoms. The molecule has 0 bridgehead atoms. The van der Waals surface area contributed by atoms with Gasteiger partial charge in [0.15, 0.2) is 23.1 Å². The molecule has 0 aromatic heterocycles. The van der Waals surface area contributed by atoms with Crippen molar-refractivity contribution in [2.45, 2.75) is 12.8 Å². The number of fused-ring (bicyclic) bond motifs is 2. The van der Waals surface area contributed by atoms with Crippen molar-refractivity contribution in [2.75, 3.05) is 0 Å². The zero-order valence-corrected chi connectivity index (χ0v) is 13.7. The van der Waals surface area contributed by atoms with Crippen LogP contribution in [-0.2, 0) is 0 Å². The molecule has 0 amide bonds. The highest BCUT2D eigenvalue weighted by Gasteiger charge is 2.41. The Morgan fingerprint density at radius 2 is 0.654 bits per heavy atom. The second-order valence-corrected chi connectivity index (χ2v) is 6.68. The summed E-state index contributed by atoms with van der Waals surface area (Å²) in [5, 5.41) is 0. The minimum atomic E-state index is -0.221. The Morgan fingerprint density at radius 1 is 0.423 bits per heavy atom. The van der Waals surface area contributed by atoms with Crippen LogP contribution in [0.15, 0.2) is 70.8 Å². The Kier molecular flexibility index (Phi) is 2.89. The lowest BCUT2D eigenvalue weighted by Gasteiger charge is -2.30. The summed E-state index contributed by atoms with van der Waals surface area (Å²) < 4.78 is 0. The van der Waals surface area contributed by atoms with Crippen LogP contribution in [0.1, 0.15) is 54.3 Å². The van der Waals surface area contributed by atoms with E-state index in [9.17, 15) is 19.2 Å². The highest BCUT2D eigenvalue weighted by Crippen LogP contribution is 2.42. The molecule has 2 aromatic rings. The van der Waals surface area contributed by atoms with E-state index in [1.807, 2.05) is 0 Å². The van der Waals surface area contributed by atoms with Crippen LogP contribution in [0, 0.1) is 0 Å². The molecule has 3 aliphatic carbocycles. The Morgan fingerprint density at radius 3 is 0.885 bits per heavy atom. The lowest BCUT2D eigenvalue weighted by Crippen LogP contribution is -2.31. The molecule has 2 aromatic carbocycles. The van der Waals surface area contributed by atoms with Crippen LogP contribution >= 0.6 is 0 Å². The van der Waals surface area contributed by atoms with Gasteiger partial charge in [0.05, 0.1) is 0 Å². The Hall–Kier alpha value is -3.40. The first kappa shape index (κ1) is 14.9. The van der Waals surface area contributed by atoms with E-state index in [0.29, 0.717) is 44.5 Å². The van der Waals surface area contributed by atoms with Crippen molar-refractivity contribution in [3.05, 3.63) is 93.1 Å². The van der Waals surface area contributed by atoms with Gasteiger partial charge in [-0.05, 0) is 0 Å². The fourth-order valence-corrected chi connectivity index (χ4v) is 4.06. The topological polar surface area (TPSA) is 68.3 Å². The van der Waals surface area contributed by atoms with Crippen LogP contribution in [-0.4, -0.2) is 23.1 Å². The van der Waals surface area contributed by atoms with E-state index in [4.69, 9.17) is 0 Å². The SMILES string of the molecule is O=C1C2=C(CC3=C(C2)C(=O)c2ccccc2C3=O)C(=O)c2ccccc21. The van der Waals surface area contributed by atoms with Crippen LogP contribution in [0.25, 0.3) is 0 Å². The summed E-state index contributed by atoms with van der Waals surface area (Å²) in [6, 6.07) is 13.4. The Labute approximate surface area is 148 Å². The van der Waals surface area contributed by atoms with Gasteiger partial charge in [-0.1, -0.05) is 48.5 Å². The van der Waals surface area contributed by atoms with Crippen LogP contribution in [0.2, 0.25) is 0 Å². The molecule has 0 radical (unpaired) electrons. The zero-order chi connectivity index (χ0) is 18.0. The number of hydrogen-bond acceptors (Lipinski definition) is 4. The van der Waals surface area contributed by atoms with Gasteiger partial charge in [-0.2, -0.15) is 0 Å².